The summed E-state index contributed by atoms with van der Waals surface area (Å²) in [5.41, 5.74) is 0.824. The standard InChI is InChI=1S/C13H15BrO3/c1-5-9(8(2)15)10-6-12(16-3)13(17-4)7-11(10)14/h5-7,9H,1H2,2-4H3. The number of benzene rings is 1. The molecule has 0 radical (unpaired) electrons. The second kappa shape index (κ2) is 5.87. The molecule has 3 nitrogen and oxygen atoms in total. The van der Waals surface area contributed by atoms with Crippen LogP contribution in [-0.4, -0.2) is 20.0 Å². The highest BCUT2D eigenvalue weighted by molar-refractivity contribution is 9.10. The van der Waals surface area contributed by atoms with Gasteiger partial charge < -0.3 is 9.47 Å². The number of hydrogen-bond donors (Lipinski definition) is 0. The van der Waals surface area contributed by atoms with Gasteiger partial charge in [0, 0.05) is 4.47 Å². The van der Waals surface area contributed by atoms with Gasteiger partial charge in [0.05, 0.1) is 20.1 Å². The van der Waals surface area contributed by atoms with Gasteiger partial charge in [0.2, 0.25) is 0 Å². The highest BCUT2D eigenvalue weighted by atomic mass is 79.9. The van der Waals surface area contributed by atoms with Crippen molar-refractivity contribution in [2.24, 2.45) is 0 Å². The highest BCUT2D eigenvalue weighted by Crippen LogP contribution is 2.37. The second-order valence-corrected chi connectivity index (χ2v) is 4.41. The van der Waals surface area contributed by atoms with Crippen molar-refractivity contribution in [3.8, 4) is 11.5 Å². The van der Waals surface area contributed by atoms with Gasteiger partial charge >= 0.3 is 0 Å². The van der Waals surface area contributed by atoms with E-state index in [1.54, 1.807) is 32.4 Å². The number of allylic oxidation sites excluding steroid dienone is 1. The summed E-state index contributed by atoms with van der Waals surface area (Å²) in [7, 11) is 3.13. The van der Waals surface area contributed by atoms with E-state index in [-0.39, 0.29) is 11.7 Å². The van der Waals surface area contributed by atoms with Crippen molar-refractivity contribution in [1.29, 1.82) is 0 Å². The fraction of sp³-hybridized carbons (Fsp3) is 0.308. The van der Waals surface area contributed by atoms with E-state index >= 15 is 0 Å². The molecule has 1 aromatic rings. The fourth-order valence-corrected chi connectivity index (χ4v) is 2.19. The number of ether oxygens (including phenoxy) is 2. The first-order chi connectivity index (χ1) is 8.04. The molecule has 0 aliphatic rings. The first kappa shape index (κ1) is 13.8. The molecule has 1 rings (SSSR count). The smallest absolute Gasteiger partial charge is 0.161 e. The Morgan fingerprint density at radius 2 is 1.88 bits per heavy atom. The lowest BCUT2D eigenvalue weighted by molar-refractivity contribution is -0.117. The zero-order valence-corrected chi connectivity index (χ0v) is 11.7. The summed E-state index contributed by atoms with van der Waals surface area (Å²) in [6.07, 6.45) is 1.62. The lowest BCUT2D eigenvalue weighted by Crippen LogP contribution is -2.07. The molecule has 0 aromatic heterocycles. The van der Waals surface area contributed by atoms with Gasteiger partial charge in [0.25, 0.3) is 0 Å². The number of methoxy groups -OCH3 is 2. The number of carbonyl (C=O) groups is 1. The van der Waals surface area contributed by atoms with Gasteiger partial charge in [-0.25, -0.2) is 0 Å². The van der Waals surface area contributed by atoms with Crippen LogP contribution in [0.15, 0.2) is 29.3 Å². The maximum atomic E-state index is 11.5. The van der Waals surface area contributed by atoms with Crippen molar-refractivity contribution in [1.82, 2.24) is 0 Å². The minimum absolute atomic E-state index is 0.0351. The molecule has 1 unspecified atom stereocenters. The van der Waals surface area contributed by atoms with Crippen LogP contribution in [0, 0.1) is 0 Å². The van der Waals surface area contributed by atoms with Gasteiger partial charge in [-0.15, -0.1) is 6.58 Å². The largest absolute Gasteiger partial charge is 0.493 e. The number of halogens is 1. The van der Waals surface area contributed by atoms with Crippen molar-refractivity contribution in [3.05, 3.63) is 34.8 Å². The minimum atomic E-state index is -0.343. The Kier molecular flexibility index (Phi) is 4.75. The number of rotatable bonds is 5. The van der Waals surface area contributed by atoms with Crippen LogP contribution < -0.4 is 9.47 Å². The Morgan fingerprint density at radius 1 is 1.35 bits per heavy atom. The first-order valence-corrected chi connectivity index (χ1v) is 5.88. The third-order valence-electron chi connectivity index (χ3n) is 2.51. The molecule has 0 aliphatic heterocycles. The lowest BCUT2D eigenvalue weighted by Gasteiger charge is -2.15. The molecule has 4 heteroatoms. The first-order valence-electron chi connectivity index (χ1n) is 5.09. The van der Waals surface area contributed by atoms with Crippen LogP contribution in [0.4, 0.5) is 0 Å². The van der Waals surface area contributed by atoms with Crippen LogP contribution in [0.1, 0.15) is 18.4 Å². The lowest BCUT2D eigenvalue weighted by atomic mass is 9.95. The van der Waals surface area contributed by atoms with E-state index in [4.69, 9.17) is 9.47 Å². The number of ketones is 1. The molecule has 0 fully saturated rings. The van der Waals surface area contributed by atoms with Crippen molar-refractivity contribution < 1.29 is 14.3 Å². The molecule has 0 amide bonds. The molecular formula is C13H15BrO3. The third kappa shape index (κ3) is 2.88. The van der Waals surface area contributed by atoms with E-state index in [1.165, 1.54) is 6.92 Å². The number of carbonyl (C=O) groups excluding carboxylic acids is 1. The summed E-state index contributed by atoms with van der Waals surface area (Å²) in [5.74, 6) is 0.908. The monoisotopic (exact) mass is 298 g/mol. The van der Waals surface area contributed by atoms with Gasteiger partial charge in [-0.3, -0.25) is 4.79 Å². The molecule has 0 N–H and O–H groups in total. The minimum Gasteiger partial charge on any atom is -0.493 e. The van der Waals surface area contributed by atoms with Crippen molar-refractivity contribution in [2.75, 3.05) is 14.2 Å². The molecule has 1 aromatic carbocycles. The van der Waals surface area contributed by atoms with Crippen LogP contribution in [0.5, 0.6) is 11.5 Å². The van der Waals surface area contributed by atoms with Crippen molar-refractivity contribution >= 4 is 21.7 Å². The molecule has 0 saturated carbocycles. The summed E-state index contributed by atoms with van der Waals surface area (Å²) >= 11 is 3.43. The van der Waals surface area contributed by atoms with Gasteiger partial charge in [-0.1, -0.05) is 22.0 Å². The molecule has 0 bridgehead atoms. The molecular weight excluding hydrogens is 284 g/mol. The van der Waals surface area contributed by atoms with Crippen LogP contribution >= 0.6 is 15.9 Å². The van der Waals surface area contributed by atoms with Crippen LogP contribution in [0.2, 0.25) is 0 Å². The van der Waals surface area contributed by atoms with Crippen molar-refractivity contribution in [2.45, 2.75) is 12.8 Å². The van der Waals surface area contributed by atoms with Crippen molar-refractivity contribution in [3.63, 3.8) is 0 Å². The molecule has 92 valence electrons. The predicted molar refractivity (Wildman–Crippen MR) is 70.9 cm³/mol. The van der Waals surface area contributed by atoms with E-state index in [0.717, 1.165) is 10.0 Å². The quantitative estimate of drug-likeness (QED) is 0.782. The molecule has 0 heterocycles. The Balaban J connectivity index is 3.34. The average Bonchev–Trinajstić information content (AvgIpc) is 2.31. The van der Waals surface area contributed by atoms with Crippen LogP contribution in [0.25, 0.3) is 0 Å². The Bertz CT molecular complexity index is 441. The van der Waals surface area contributed by atoms with Gasteiger partial charge in [-0.05, 0) is 24.6 Å². The maximum Gasteiger partial charge on any atom is 0.161 e. The fourth-order valence-electron chi connectivity index (χ4n) is 1.62. The topological polar surface area (TPSA) is 35.5 Å². The number of Topliss-reactive ketones (excluding diaryl/α,β-unsaturated/α-hetero) is 1. The molecule has 0 saturated heterocycles. The third-order valence-corrected chi connectivity index (χ3v) is 3.20. The summed E-state index contributed by atoms with van der Waals surface area (Å²) in [6, 6.07) is 3.57. The molecule has 1 atom stereocenters. The predicted octanol–water partition coefficient (Wildman–Crippen LogP) is 3.32. The Labute approximate surface area is 110 Å². The zero-order chi connectivity index (χ0) is 13.0. The van der Waals surface area contributed by atoms with Crippen LogP contribution in [0.3, 0.4) is 0 Å². The Hall–Kier alpha value is -1.29. The second-order valence-electron chi connectivity index (χ2n) is 3.55. The maximum absolute atomic E-state index is 11.5. The molecule has 0 aliphatic carbocycles. The summed E-state index contributed by atoms with van der Waals surface area (Å²) in [6.45, 7) is 5.22. The van der Waals surface area contributed by atoms with Gasteiger partial charge in [-0.2, -0.15) is 0 Å². The molecule has 17 heavy (non-hydrogen) atoms. The normalized spacial score (nSPS) is 11.8. The highest BCUT2D eigenvalue weighted by Gasteiger charge is 2.19. The van der Waals surface area contributed by atoms with Crippen LogP contribution in [-0.2, 0) is 4.79 Å². The van der Waals surface area contributed by atoms with E-state index < -0.39 is 0 Å². The Morgan fingerprint density at radius 3 is 2.29 bits per heavy atom. The summed E-state index contributed by atoms with van der Waals surface area (Å²) in [5, 5.41) is 0. The summed E-state index contributed by atoms with van der Waals surface area (Å²) in [4.78, 5) is 11.5. The van der Waals surface area contributed by atoms with E-state index in [1.807, 2.05) is 0 Å². The SMILES string of the molecule is C=CC(C(C)=O)c1cc(OC)c(OC)cc1Br. The van der Waals surface area contributed by atoms with Gasteiger partial charge in [0.1, 0.15) is 5.78 Å². The zero-order valence-electron chi connectivity index (χ0n) is 10.1. The summed E-state index contributed by atoms with van der Waals surface area (Å²) < 4.78 is 11.2. The average molecular weight is 299 g/mol. The van der Waals surface area contributed by atoms with E-state index in [2.05, 4.69) is 22.5 Å². The number of hydrogen-bond acceptors (Lipinski definition) is 3. The van der Waals surface area contributed by atoms with E-state index in [0.29, 0.717) is 11.5 Å². The molecule has 0 spiro atoms. The van der Waals surface area contributed by atoms with Gasteiger partial charge in [0.15, 0.2) is 11.5 Å². The van der Waals surface area contributed by atoms with E-state index in [9.17, 15) is 4.79 Å².